The Hall–Kier alpha value is -2.20. The molecule has 0 saturated heterocycles. The minimum absolute atomic E-state index is 0.100. The summed E-state index contributed by atoms with van der Waals surface area (Å²) in [5.74, 6) is -0.576. The molecule has 3 rings (SSSR count). The van der Waals surface area contributed by atoms with Crippen LogP contribution in [0.25, 0.3) is 0 Å². The summed E-state index contributed by atoms with van der Waals surface area (Å²) in [7, 11) is 0. The summed E-state index contributed by atoms with van der Waals surface area (Å²) in [6, 6.07) is 13.3. The second-order valence-corrected chi connectivity index (χ2v) is 5.32. The van der Waals surface area contributed by atoms with Crippen molar-refractivity contribution in [2.45, 2.75) is 25.0 Å². The highest BCUT2D eigenvalue weighted by molar-refractivity contribution is 5.79. The van der Waals surface area contributed by atoms with Crippen molar-refractivity contribution < 1.29 is 14.3 Å². The zero-order valence-electron chi connectivity index (χ0n) is 11.4. The van der Waals surface area contributed by atoms with Crippen LogP contribution in [0.4, 0.5) is 4.39 Å². The van der Waals surface area contributed by atoms with Crippen LogP contribution in [-0.4, -0.2) is 17.1 Å². The fraction of sp³-hybridized carbons (Fsp3) is 0.235. The number of rotatable bonds is 3. The average molecular weight is 285 g/mol. The minimum Gasteiger partial charge on any atom is -0.390 e. The second-order valence-electron chi connectivity index (χ2n) is 5.32. The third-order valence-electron chi connectivity index (χ3n) is 3.77. The van der Waals surface area contributed by atoms with Gasteiger partial charge in [0.25, 0.3) is 0 Å². The monoisotopic (exact) mass is 285 g/mol. The second kappa shape index (κ2) is 5.66. The fourth-order valence-corrected chi connectivity index (χ4v) is 2.80. The van der Waals surface area contributed by atoms with E-state index >= 15 is 0 Å². The van der Waals surface area contributed by atoms with Gasteiger partial charge in [0.05, 0.1) is 18.6 Å². The molecule has 0 bridgehead atoms. The molecular formula is C17H16FNO2. The van der Waals surface area contributed by atoms with E-state index in [4.69, 9.17) is 0 Å². The lowest BCUT2D eigenvalue weighted by atomic mass is 10.1. The number of aliphatic hydroxyl groups excluding tert-OH is 1. The molecule has 2 atom stereocenters. The molecule has 21 heavy (non-hydrogen) atoms. The summed E-state index contributed by atoms with van der Waals surface area (Å²) < 4.78 is 13.1. The first kappa shape index (κ1) is 13.8. The van der Waals surface area contributed by atoms with E-state index in [1.165, 1.54) is 12.1 Å². The third-order valence-corrected chi connectivity index (χ3v) is 3.77. The highest BCUT2D eigenvalue weighted by Gasteiger charge is 2.31. The van der Waals surface area contributed by atoms with E-state index in [9.17, 15) is 14.3 Å². The maximum atomic E-state index is 13.1. The number of hydrogen-bond donors (Lipinski definition) is 2. The number of hydrogen-bond acceptors (Lipinski definition) is 2. The highest BCUT2D eigenvalue weighted by Crippen LogP contribution is 2.31. The molecule has 108 valence electrons. The third kappa shape index (κ3) is 2.95. The topological polar surface area (TPSA) is 49.3 Å². The van der Waals surface area contributed by atoms with Crippen LogP contribution >= 0.6 is 0 Å². The lowest BCUT2D eigenvalue weighted by Crippen LogP contribution is -2.34. The molecule has 0 heterocycles. The van der Waals surface area contributed by atoms with E-state index in [2.05, 4.69) is 5.32 Å². The summed E-state index contributed by atoms with van der Waals surface area (Å²) in [4.78, 5) is 12.1. The first-order chi connectivity index (χ1) is 10.1. The molecule has 2 unspecified atom stereocenters. The number of halogens is 1. The largest absolute Gasteiger partial charge is 0.390 e. The fourth-order valence-electron chi connectivity index (χ4n) is 2.80. The van der Waals surface area contributed by atoms with Crippen LogP contribution in [0.2, 0.25) is 0 Å². The van der Waals surface area contributed by atoms with E-state index in [1.54, 1.807) is 12.1 Å². The first-order valence-corrected chi connectivity index (χ1v) is 6.93. The number of fused-ring (bicyclic) bond motifs is 1. The van der Waals surface area contributed by atoms with Crippen LogP contribution in [0.5, 0.6) is 0 Å². The van der Waals surface area contributed by atoms with Gasteiger partial charge < -0.3 is 10.4 Å². The van der Waals surface area contributed by atoms with Gasteiger partial charge in [0.2, 0.25) is 5.91 Å². The van der Waals surface area contributed by atoms with Gasteiger partial charge in [0, 0.05) is 6.42 Å². The normalized spacial score (nSPS) is 20.1. The summed E-state index contributed by atoms with van der Waals surface area (Å²) in [5.41, 5.74) is 2.63. The van der Waals surface area contributed by atoms with E-state index < -0.39 is 6.10 Å². The van der Waals surface area contributed by atoms with E-state index in [0.717, 1.165) is 11.1 Å². The maximum absolute atomic E-state index is 13.1. The van der Waals surface area contributed by atoms with Crippen molar-refractivity contribution in [3.05, 3.63) is 71.0 Å². The van der Waals surface area contributed by atoms with Crippen LogP contribution in [0, 0.1) is 5.82 Å². The Morgan fingerprint density at radius 2 is 2.05 bits per heavy atom. The number of aliphatic hydroxyl groups is 1. The van der Waals surface area contributed by atoms with E-state index in [1.807, 2.05) is 24.3 Å². The van der Waals surface area contributed by atoms with Gasteiger partial charge in [-0.3, -0.25) is 4.79 Å². The van der Waals surface area contributed by atoms with Crippen molar-refractivity contribution in [3.63, 3.8) is 0 Å². The lowest BCUT2D eigenvalue weighted by molar-refractivity contribution is -0.121. The summed E-state index contributed by atoms with van der Waals surface area (Å²) in [6.45, 7) is 0. The first-order valence-electron chi connectivity index (χ1n) is 6.93. The van der Waals surface area contributed by atoms with E-state index in [0.29, 0.717) is 12.0 Å². The molecule has 3 nitrogen and oxygen atoms in total. The molecule has 0 fully saturated rings. The van der Waals surface area contributed by atoms with Crippen LogP contribution in [0.3, 0.4) is 0 Å². The standard InChI is InChI=1S/C17H16FNO2/c18-13-6-3-4-11(8-13)9-16(21)19-17-14-7-2-1-5-12(14)10-15(17)20/h1-8,15,17,20H,9-10H2,(H,19,21). The molecule has 2 N–H and O–H groups in total. The minimum atomic E-state index is -0.612. The Balaban J connectivity index is 1.70. The number of nitrogens with one attached hydrogen (secondary N) is 1. The summed E-state index contributed by atoms with van der Waals surface area (Å²) >= 11 is 0. The van der Waals surface area contributed by atoms with Gasteiger partial charge in [-0.25, -0.2) is 4.39 Å². The van der Waals surface area contributed by atoms with Gasteiger partial charge in [-0.15, -0.1) is 0 Å². The van der Waals surface area contributed by atoms with Crippen molar-refractivity contribution in [1.29, 1.82) is 0 Å². The van der Waals surface area contributed by atoms with Gasteiger partial charge in [-0.2, -0.15) is 0 Å². The van der Waals surface area contributed by atoms with Crippen LogP contribution in [0.15, 0.2) is 48.5 Å². The predicted molar refractivity (Wildman–Crippen MR) is 77.1 cm³/mol. The van der Waals surface area contributed by atoms with Crippen LogP contribution in [-0.2, 0) is 17.6 Å². The Kier molecular flexibility index (Phi) is 3.71. The summed E-state index contributed by atoms with van der Waals surface area (Å²) in [5, 5.41) is 12.9. The SMILES string of the molecule is O=C(Cc1cccc(F)c1)NC1c2ccccc2CC1O. The molecule has 2 aromatic rings. The zero-order chi connectivity index (χ0) is 14.8. The van der Waals surface area contributed by atoms with Gasteiger partial charge in [0.1, 0.15) is 5.82 Å². The van der Waals surface area contributed by atoms with Gasteiger partial charge >= 0.3 is 0 Å². The highest BCUT2D eigenvalue weighted by atomic mass is 19.1. The predicted octanol–water partition coefficient (Wildman–Crippen LogP) is 2.14. The Morgan fingerprint density at radius 1 is 1.24 bits per heavy atom. The number of amides is 1. The molecule has 0 aliphatic heterocycles. The average Bonchev–Trinajstić information content (AvgIpc) is 2.75. The lowest BCUT2D eigenvalue weighted by Gasteiger charge is -2.18. The molecule has 1 amide bonds. The molecule has 1 aliphatic carbocycles. The van der Waals surface area contributed by atoms with Crippen LogP contribution in [0.1, 0.15) is 22.7 Å². The van der Waals surface area contributed by atoms with Gasteiger partial charge in [-0.05, 0) is 28.8 Å². The van der Waals surface area contributed by atoms with E-state index in [-0.39, 0.29) is 24.2 Å². The number of carbonyl (C=O) groups is 1. The Morgan fingerprint density at radius 3 is 2.86 bits per heavy atom. The smallest absolute Gasteiger partial charge is 0.224 e. The van der Waals surface area contributed by atoms with Gasteiger partial charge in [-0.1, -0.05) is 36.4 Å². The molecule has 0 radical (unpaired) electrons. The maximum Gasteiger partial charge on any atom is 0.224 e. The molecule has 2 aromatic carbocycles. The molecule has 0 saturated carbocycles. The van der Waals surface area contributed by atoms with Crippen molar-refractivity contribution in [1.82, 2.24) is 5.32 Å². The molecule has 4 heteroatoms. The molecule has 0 aromatic heterocycles. The van der Waals surface area contributed by atoms with Crippen molar-refractivity contribution in [2.24, 2.45) is 0 Å². The zero-order valence-corrected chi connectivity index (χ0v) is 11.4. The van der Waals surface area contributed by atoms with Crippen molar-refractivity contribution >= 4 is 5.91 Å². The van der Waals surface area contributed by atoms with Crippen molar-refractivity contribution in [2.75, 3.05) is 0 Å². The number of carbonyl (C=O) groups excluding carboxylic acids is 1. The van der Waals surface area contributed by atoms with Gasteiger partial charge in [0.15, 0.2) is 0 Å². The van der Waals surface area contributed by atoms with Crippen LogP contribution < -0.4 is 5.32 Å². The molecule has 1 aliphatic rings. The Bertz CT molecular complexity index is 671. The molecule has 0 spiro atoms. The van der Waals surface area contributed by atoms with Crippen molar-refractivity contribution in [3.8, 4) is 0 Å². The Labute approximate surface area is 122 Å². The molecular weight excluding hydrogens is 269 g/mol. The quantitative estimate of drug-likeness (QED) is 0.907. The summed E-state index contributed by atoms with van der Waals surface area (Å²) in [6.07, 6.45) is 0.0309. The number of benzene rings is 2.